The molecule has 1 heterocycles. The van der Waals surface area contributed by atoms with Gasteiger partial charge < -0.3 is 19.5 Å². The van der Waals surface area contributed by atoms with Gasteiger partial charge in [-0.2, -0.15) is 0 Å². The van der Waals surface area contributed by atoms with Crippen molar-refractivity contribution in [1.29, 1.82) is 0 Å². The van der Waals surface area contributed by atoms with Gasteiger partial charge in [0.05, 0.1) is 20.1 Å². The SMILES string of the molecule is COc1ccc(C2(CN(C)CCC(=O)O)CO2)cc1. The van der Waals surface area contributed by atoms with Crippen LogP contribution in [0.15, 0.2) is 24.3 Å². The van der Waals surface area contributed by atoms with Crippen LogP contribution in [0.5, 0.6) is 5.75 Å². The third-order valence-electron chi connectivity index (χ3n) is 3.34. The number of hydrogen-bond acceptors (Lipinski definition) is 4. The first-order valence-corrected chi connectivity index (χ1v) is 6.24. The van der Waals surface area contributed by atoms with Crippen LogP contribution in [0, 0.1) is 0 Å². The summed E-state index contributed by atoms with van der Waals surface area (Å²) >= 11 is 0. The third-order valence-corrected chi connectivity index (χ3v) is 3.34. The Hall–Kier alpha value is -1.59. The molecule has 0 spiro atoms. The summed E-state index contributed by atoms with van der Waals surface area (Å²) in [4.78, 5) is 12.5. The van der Waals surface area contributed by atoms with Crippen molar-refractivity contribution in [1.82, 2.24) is 4.90 Å². The molecule has 1 N–H and O–H groups in total. The van der Waals surface area contributed by atoms with E-state index in [-0.39, 0.29) is 12.0 Å². The van der Waals surface area contributed by atoms with Gasteiger partial charge in [-0.1, -0.05) is 12.1 Å². The van der Waals surface area contributed by atoms with Gasteiger partial charge in [-0.3, -0.25) is 4.79 Å². The molecule has 0 radical (unpaired) electrons. The highest BCUT2D eigenvalue weighted by Crippen LogP contribution is 2.39. The van der Waals surface area contributed by atoms with E-state index in [2.05, 4.69) is 0 Å². The van der Waals surface area contributed by atoms with E-state index in [0.717, 1.165) is 11.3 Å². The first kappa shape index (κ1) is 13.8. The maximum absolute atomic E-state index is 10.6. The highest BCUT2D eigenvalue weighted by atomic mass is 16.6. The molecule has 0 aromatic heterocycles. The quantitative estimate of drug-likeness (QED) is 0.753. The van der Waals surface area contributed by atoms with E-state index in [4.69, 9.17) is 14.6 Å². The summed E-state index contributed by atoms with van der Waals surface area (Å²) in [5, 5.41) is 8.68. The highest BCUT2D eigenvalue weighted by Gasteiger charge is 2.47. The molecule has 0 bridgehead atoms. The number of aliphatic carboxylic acids is 1. The smallest absolute Gasteiger partial charge is 0.304 e. The Morgan fingerprint density at radius 2 is 2.11 bits per heavy atom. The summed E-state index contributed by atoms with van der Waals surface area (Å²) in [5.74, 6) is 0.0424. The standard InChI is InChI=1S/C14H19NO4/c1-15(8-7-13(16)17)9-14(10-19-14)11-3-5-12(18-2)6-4-11/h3-6H,7-10H2,1-2H3,(H,16,17). The van der Waals surface area contributed by atoms with Crippen molar-refractivity contribution >= 4 is 5.97 Å². The van der Waals surface area contributed by atoms with E-state index in [1.807, 2.05) is 36.2 Å². The number of ether oxygens (including phenoxy) is 2. The molecule has 1 aromatic carbocycles. The second-order valence-electron chi connectivity index (χ2n) is 4.89. The number of carboxylic acids is 1. The molecular formula is C14H19NO4. The van der Waals surface area contributed by atoms with Crippen LogP contribution in [-0.4, -0.2) is 49.8 Å². The van der Waals surface area contributed by atoms with E-state index >= 15 is 0 Å². The van der Waals surface area contributed by atoms with E-state index in [0.29, 0.717) is 19.7 Å². The van der Waals surface area contributed by atoms with Gasteiger partial charge >= 0.3 is 5.97 Å². The Morgan fingerprint density at radius 1 is 1.47 bits per heavy atom. The van der Waals surface area contributed by atoms with Crippen molar-refractivity contribution in [3.05, 3.63) is 29.8 Å². The Morgan fingerprint density at radius 3 is 2.58 bits per heavy atom. The number of rotatable bonds is 7. The minimum absolute atomic E-state index is 0.148. The van der Waals surface area contributed by atoms with E-state index in [1.54, 1.807) is 7.11 Å². The van der Waals surface area contributed by atoms with Gasteiger partial charge in [0.15, 0.2) is 0 Å². The maximum Gasteiger partial charge on any atom is 0.304 e. The fourth-order valence-electron chi connectivity index (χ4n) is 2.13. The monoisotopic (exact) mass is 265 g/mol. The summed E-state index contributed by atoms with van der Waals surface area (Å²) in [6.07, 6.45) is 0.148. The lowest BCUT2D eigenvalue weighted by atomic mass is 9.99. The zero-order valence-electron chi connectivity index (χ0n) is 11.3. The molecule has 2 rings (SSSR count). The van der Waals surface area contributed by atoms with Crippen molar-refractivity contribution < 1.29 is 19.4 Å². The fourth-order valence-corrected chi connectivity index (χ4v) is 2.13. The molecule has 1 saturated heterocycles. The number of carboxylic acid groups (broad SMARTS) is 1. The summed E-state index contributed by atoms with van der Waals surface area (Å²) in [7, 11) is 3.55. The molecule has 1 atom stereocenters. The van der Waals surface area contributed by atoms with Gasteiger partial charge in [0.25, 0.3) is 0 Å². The van der Waals surface area contributed by atoms with Crippen molar-refractivity contribution in [2.45, 2.75) is 12.0 Å². The van der Waals surface area contributed by atoms with E-state index < -0.39 is 5.97 Å². The molecular weight excluding hydrogens is 246 g/mol. The van der Waals surface area contributed by atoms with Crippen molar-refractivity contribution in [2.24, 2.45) is 0 Å². The molecule has 1 aliphatic rings. The molecule has 5 heteroatoms. The summed E-state index contributed by atoms with van der Waals surface area (Å²) < 4.78 is 10.7. The molecule has 0 aliphatic carbocycles. The summed E-state index contributed by atoms with van der Waals surface area (Å²) in [6.45, 7) is 1.90. The van der Waals surface area contributed by atoms with Gasteiger partial charge in [-0.05, 0) is 24.7 Å². The lowest BCUT2D eigenvalue weighted by Crippen LogP contribution is -2.31. The fraction of sp³-hybridized carbons (Fsp3) is 0.500. The number of methoxy groups -OCH3 is 1. The van der Waals surface area contributed by atoms with Gasteiger partial charge in [0.2, 0.25) is 0 Å². The number of epoxide rings is 1. The average Bonchev–Trinajstić information content (AvgIpc) is 3.17. The lowest BCUT2D eigenvalue weighted by molar-refractivity contribution is -0.137. The number of nitrogens with zero attached hydrogens (tertiary/aromatic N) is 1. The lowest BCUT2D eigenvalue weighted by Gasteiger charge is -2.21. The zero-order valence-corrected chi connectivity index (χ0v) is 11.3. The molecule has 1 aliphatic heterocycles. The highest BCUT2D eigenvalue weighted by molar-refractivity contribution is 5.66. The van der Waals surface area contributed by atoms with Crippen molar-refractivity contribution in [3.8, 4) is 5.75 Å². The number of benzene rings is 1. The first-order valence-electron chi connectivity index (χ1n) is 6.24. The molecule has 5 nitrogen and oxygen atoms in total. The Kier molecular flexibility index (Phi) is 4.07. The predicted octanol–water partition coefficient (Wildman–Crippen LogP) is 1.33. The average molecular weight is 265 g/mol. The van der Waals surface area contributed by atoms with Crippen LogP contribution in [0.2, 0.25) is 0 Å². The number of likely N-dealkylation sites (N-methyl/N-ethyl adjacent to an activating group) is 1. The van der Waals surface area contributed by atoms with Crippen LogP contribution < -0.4 is 4.74 Å². The number of carbonyl (C=O) groups is 1. The van der Waals surface area contributed by atoms with Crippen LogP contribution in [0.25, 0.3) is 0 Å². The molecule has 0 saturated carbocycles. The third kappa shape index (κ3) is 3.45. The van der Waals surface area contributed by atoms with Crippen LogP contribution in [-0.2, 0) is 15.1 Å². The molecule has 104 valence electrons. The molecule has 1 fully saturated rings. The van der Waals surface area contributed by atoms with Gasteiger partial charge in [-0.15, -0.1) is 0 Å². The minimum Gasteiger partial charge on any atom is -0.497 e. The van der Waals surface area contributed by atoms with Crippen LogP contribution in [0.1, 0.15) is 12.0 Å². The second kappa shape index (κ2) is 5.59. The maximum atomic E-state index is 10.6. The normalized spacial score (nSPS) is 21.4. The van der Waals surface area contributed by atoms with Crippen molar-refractivity contribution in [3.63, 3.8) is 0 Å². The minimum atomic E-state index is -0.776. The van der Waals surface area contributed by atoms with Gasteiger partial charge in [0, 0.05) is 13.1 Å². The zero-order chi connectivity index (χ0) is 13.9. The Labute approximate surface area is 112 Å². The van der Waals surface area contributed by atoms with E-state index in [9.17, 15) is 4.79 Å². The summed E-state index contributed by atoms with van der Waals surface area (Å²) in [5.41, 5.74) is 0.829. The van der Waals surface area contributed by atoms with Crippen LogP contribution >= 0.6 is 0 Å². The number of hydrogen-bond donors (Lipinski definition) is 1. The molecule has 1 unspecified atom stereocenters. The molecule has 1 aromatic rings. The van der Waals surface area contributed by atoms with Crippen LogP contribution in [0.4, 0.5) is 0 Å². The molecule has 19 heavy (non-hydrogen) atoms. The summed E-state index contributed by atoms with van der Waals surface area (Å²) in [6, 6.07) is 7.82. The molecule has 0 amide bonds. The Bertz CT molecular complexity index is 439. The first-order chi connectivity index (χ1) is 9.05. The van der Waals surface area contributed by atoms with Crippen LogP contribution in [0.3, 0.4) is 0 Å². The largest absolute Gasteiger partial charge is 0.497 e. The van der Waals surface area contributed by atoms with Gasteiger partial charge in [-0.25, -0.2) is 0 Å². The van der Waals surface area contributed by atoms with Crippen molar-refractivity contribution in [2.75, 3.05) is 33.9 Å². The van der Waals surface area contributed by atoms with E-state index in [1.165, 1.54) is 0 Å². The second-order valence-corrected chi connectivity index (χ2v) is 4.89. The van der Waals surface area contributed by atoms with Gasteiger partial charge in [0.1, 0.15) is 11.4 Å². The topological polar surface area (TPSA) is 62.3 Å². The Balaban J connectivity index is 1.96. The predicted molar refractivity (Wildman–Crippen MR) is 70.4 cm³/mol.